The fourth-order valence-corrected chi connectivity index (χ4v) is 4.06. The van der Waals surface area contributed by atoms with Crippen LogP contribution in [0.5, 0.6) is 0 Å². The van der Waals surface area contributed by atoms with Gasteiger partial charge in [-0.15, -0.1) is 35.3 Å². The predicted molar refractivity (Wildman–Crippen MR) is 123 cm³/mol. The van der Waals surface area contributed by atoms with Crippen LogP contribution in [0.4, 0.5) is 0 Å². The molecule has 0 radical (unpaired) electrons. The second-order valence-corrected chi connectivity index (χ2v) is 8.74. The summed E-state index contributed by atoms with van der Waals surface area (Å²) >= 11 is 1.87. The third-order valence-corrected chi connectivity index (χ3v) is 5.54. The summed E-state index contributed by atoms with van der Waals surface area (Å²) < 4.78 is 5.47. The molecule has 0 aliphatic carbocycles. The van der Waals surface area contributed by atoms with Gasteiger partial charge in [-0.2, -0.15) is 0 Å². The van der Waals surface area contributed by atoms with Crippen LogP contribution in [0.15, 0.2) is 17.1 Å². The highest BCUT2D eigenvalue weighted by Gasteiger charge is 2.28. The number of hydrogen-bond acceptors (Lipinski definition) is 4. The second-order valence-electron chi connectivity index (χ2n) is 7.37. The zero-order chi connectivity index (χ0) is 18.3. The number of hydrogen-bond donors (Lipinski definition) is 2. The molecule has 1 unspecified atom stereocenters. The van der Waals surface area contributed by atoms with E-state index in [0.29, 0.717) is 6.04 Å². The van der Waals surface area contributed by atoms with Crippen LogP contribution in [0, 0.1) is 6.92 Å². The van der Waals surface area contributed by atoms with Crippen LogP contribution >= 0.6 is 35.3 Å². The molecule has 0 spiro atoms. The van der Waals surface area contributed by atoms with E-state index in [4.69, 9.17) is 9.73 Å². The van der Waals surface area contributed by atoms with E-state index < -0.39 is 0 Å². The Hall–Kier alpha value is -0.380. The number of nitrogens with one attached hydrogen (secondary N) is 2. The van der Waals surface area contributed by atoms with Crippen molar-refractivity contribution in [2.75, 3.05) is 39.4 Å². The van der Waals surface area contributed by atoms with Gasteiger partial charge in [0.05, 0.1) is 19.8 Å². The van der Waals surface area contributed by atoms with Crippen molar-refractivity contribution in [2.45, 2.75) is 52.6 Å². The molecule has 1 aliphatic rings. The van der Waals surface area contributed by atoms with E-state index in [9.17, 15) is 0 Å². The number of thiophene rings is 1. The number of guanidine groups is 1. The van der Waals surface area contributed by atoms with Crippen molar-refractivity contribution in [3.63, 3.8) is 0 Å². The van der Waals surface area contributed by atoms with Gasteiger partial charge < -0.3 is 15.4 Å². The van der Waals surface area contributed by atoms with Crippen molar-refractivity contribution in [3.8, 4) is 0 Å². The summed E-state index contributed by atoms with van der Waals surface area (Å²) in [5.41, 5.74) is 0.0419. The summed E-state index contributed by atoms with van der Waals surface area (Å²) in [5, 5.41) is 6.93. The van der Waals surface area contributed by atoms with Gasteiger partial charge in [0.2, 0.25) is 0 Å². The van der Waals surface area contributed by atoms with Gasteiger partial charge in [-0.3, -0.25) is 9.89 Å². The normalized spacial score (nSPS) is 17.5. The first-order valence-electron chi connectivity index (χ1n) is 9.33. The van der Waals surface area contributed by atoms with E-state index in [2.05, 4.69) is 62.3 Å². The summed E-state index contributed by atoms with van der Waals surface area (Å²) in [6.45, 7) is 16.3. The van der Waals surface area contributed by atoms with E-state index in [1.165, 1.54) is 9.75 Å². The number of halogens is 1. The Balaban J connectivity index is 0.00000338. The lowest BCUT2D eigenvalue weighted by Gasteiger charge is -2.40. The van der Waals surface area contributed by atoms with E-state index >= 15 is 0 Å². The van der Waals surface area contributed by atoms with Gasteiger partial charge in [0.25, 0.3) is 0 Å². The first kappa shape index (κ1) is 23.7. The molecule has 1 aromatic rings. The molecule has 5 nitrogen and oxygen atoms in total. The smallest absolute Gasteiger partial charge is 0.191 e. The number of nitrogens with zero attached hydrogens (tertiary/aromatic N) is 2. The average Bonchev–Trinajstić information content (AvgIpc) is 2.98. The molecule has 7 heteroatoms. The average molecular weight is 494 g/mol. The monoisotopic (exact) mass is 494 g/mol. The number of morpholine rings is 1. The maximum atomic E-state index is 5.47. The van der Waals surface area contributed by atoms with Gasteiger partial charge >= 0.3 is 0 Å². The van der Waals surface area contributed by atoms with Gasteiger partial charge in [-0.1, -0.05) is 0 Å². The van der Waals surface area contributed by atoms with Crippen molar-refractivity contribution < 1.29 is 4.74 Å². The van der Waals surface area contributed by atoms with Gasteiger partial charge in [-0.05, 0) is 46.8 Å². The minimum Gasteiger partial charge on any atom is -0.379 e. The zero-order valence-corrected chi connectivity index (χ0v) is 19.9. The third kappa shape index (κ3) is 7.70. The Morgan fingerprint density at radius 3 is 2.62 bits per heavy atom. The summed E-state index contributed by atoms with van der Waals surface area (Å²) in [5.74, 6) is 0.907. The number of aryl methyl sites for hydroxylation is 1. The number of aliphatic imine (C=N–C) groups is 1. The maximum Gasteiger partial charge on any atom is 0.191 e. The Morgan fingerprint density at radius 1 is 1.35 bits per heavy atom. The van der Waals surface area contributed by atoms with Gasteiger partial charge in [0.1, 0.15) is 0 Å². The lowest BCUT2D eigenvalue weighted by molar-refractivity contribution is -0.00684. The molecule has 1 atom stereocenters. The number of rotatable bonds is 7. The molecule has 1 saturated heterocycles. The van der Waals surface area contributed by atoms with E-state index in [1.54, 1.807) is 0 Å². The van der Waals surface area contributed by atoms with Gasteiger partial charge in [-0.25, -0.2) is 0 Å². The molecule has 0 saturated carbocycles. The van der Waals surface area contributed by atoms with E-state index in [0.717, 1.165) is 51.8 Å². The molecule has 1 fully saturated rings. The molecule has 2 N–H and O–H groups in total. The van der Waals surface area contributed by atoms with Crippen LogP contribution in [0.1, 0.15) is 37.4 Å². The minimum atomic E-state index is 0. The van der Waals surface area contributed by atoms with Crippen LogP contribution in [0.3, 0.4) is 0 Å². The van der Waals surface area contributed by atoms with Crippen molar-refractivity contribution >= 4 is 41.3 Å². The van der Waals surface area contributed by atoms with Crippen molar-refractivity contribution in [1.29, 1.82) is 0 Å². The quantitative estimate of drug-likeness (QED) is 0.347. The van der Waals surface area contributed by atoms with Crippen molar-refractivity contribution in [2.24, 2.45) is 4.99 Å². The van der Waals surface area contributed by atoms with Crippen LogP contribution in [0.2, 0.25) is 0 Å². The Bertz CT molecular complexity index is 555. The van der Waals surface area contributed by atoms with Crippen molar-refractivity contribution in [3.05, 3.63) is 21.9 Å². The standard InChI is InChI=1S/C19H34N4OS.HI/c1-6-20-18(22-15(2)13-17-8-7-16(3)25-17)21-14-19(4,5)23-9-11-24-12-10-23;/h7-8,15H,6,9-14H2,1-5H3,(H2,20,21,22);1H. The topological polar surface area (TPSA) is 48.9 Å². The molecule has 1 aromatic heterocycles. The number of ether oxygens (including phenoxy) is 1. The largest absolute Gasteiger partial charge is 0.379 e. The highest BCUT2D eigenvalue weighted by Crippen LogP contribution is 2.17. The van der Waals surface area contributed by atoms with Crippen LogP contribution < -0.4 is 10.6 Å². The summed E-state index contributed by atoms with van der Waals surface area (Å²) in [7, 11) is 0. The lowest BCUT2D eigenvalue weighted by atomic mass is 10.0. The summed E-state index contributed by atoms with van der Waals surface area (Å²) in [6, 6.07) is 4.77. The molecule has 0 amide bonds. The fraction of sp³-hybridized carbons (Fsp3) is 0.737. The fourth-order valence-electron chi connectivity index (χ4n) is 3.04. The molecule has 2 heterocycles. The van der Waals surface area contributed by atoms with Crippen LogP contribution in [-0.2, 0) is 11.2 Å². The lowest BCUT2D eigenvalue weighted by Crippen LogP contribution is -2.52. The van der Waals surface area contributed by atoms with Gasteiger partial charge in [0.15, 0.2) is 5.96 Å². The van der Waals surface area contributed by atoms with Gasteiger partial charge in [0, 0.05) is 47.4 Å². The maximum absolute atomic E-state index is 5.47. The molecular formula is C19H35IN4OS. The Morgan fingerprint density at radius 2 is 2.04 bits per heavy atom. The molecule has 0 aromatic carbocycles. The predicted octanol–water partition coefficient (Wildman–Crippen LogP) is 3.27. The minimum absolute atomic E-state index is 0. The Labute approximate surface area is 180 Å². The molecule has 2 rings (SSSR count). The van der Waals surface area contributed by atoms with E-state index in [1.807, 2.05) is 11.3 Å². The van der Waals surface area contributed by atoms with Crippen LogP contribution in [-0.4, -0.2) is 61.8 Å². The second kappa shape index (κ2) is 11.5. The first-order valence-corrected chi connectivity index (χ1v) is 10.2. The molecule has 0 bridgehead atoms. The summed E-state index contributed by atoms with van der Waals surface area (Å²) in [6.07, 6.45) is 1.02. The third-order valence-electron chi connectivity index (χ3n) is 4.52. The molecule has 1 aliphatic heterocycles. The van der Waals surface area contributed by atoms with E-state index in [-0.39, 0.29) is 29.5 Å². The highest BCUT2D eigenvalue weighted by molar-refractivity contribution is 14.0. The first-order chi connectivity index (χ1) is 11.9. The molecule has 26 heavy (non-hydrogen) atoms. The Kier molecular flexibility index (Phi) is 10.4. The molecule has 150 valence electrons. The zero-order valence-electron chi connectivity index (χ0n) is 16.8. The van der Waals surface area contributed by atoms with Crippen LogP contribution in [0.25, 0.3) is 0 Å². The van der Waals surface area contributed by atoms with Crippen molar-refractivity contribution in [1.82, 2.24) is 15.5 Å². The SMILES string of the molecule is CCNC(=NCC(C)(C)N1CCOCC1)NC(C)Cc1ccc(C)s1.I. The molecular weight excluding hydrogens is 459 g/mol. The highest BCUT2D eigenvalue weighted by atomic mass is 127. The summed E-state index contributed by atoms with van der Waals surface area (Å²) in [4.78, 5) is 10.1.